The molecule has 7 heteroatoms. The van der Waals surface area contributed by atoms with Crippen molar-refractivity contribution in [2.45, 2.75) is 31.7 Å². The molecule has 0 atom stereocenters. The topological polar surface area (TPSA) is 75.4 Å². The highest BCUT2D eigenvalue weighted by Crippen LogP contribution is 2.24. The van der Waals surface area contributed by atoms with E-state index >= 15 is 0 Å². The molecular formula is C8H13N3O3S. The van der Waals surface area contributed by atoms with Crippen LogP contribution in [0, 0.1) is 0 Å². The SMILES string of the molecule is CCn1c(S(C)(=O)=O)nc2c1CN(O)C2. The van der Waals surface area contributed by atoms with Crippen molar-refractivity contribution in [2.75, 3.05) is 6.26 Å². The minimum atomic E-state index is -3.29. The third kappa shape index (κ3) is 1.66. The number of nitrogens with zero attached hydrogens (tertiary/aromatic N) is 3. The smallest absolute Gasteiger partial charge is 0.227 e. The first-order valence-electron chi connectivity index (χ1n) is 4.65. The minimum Gasteiger partial charge on any atom is -0.318 e. The maximum absolute atomic E-state index is 11.4. The van der Waals surface area contributed by atoms with Crippen LogP contribution in [0.1, 0.15) is 18.3 Å². The number of hydroxylamine groups is 2. The molecule has 1 aromatic heterocycles. The zero-order valence-corrected chi connectivity index (χ0v) is 9.45. The first kappa shape index (κ1) is 10.6. The van der Waals surface area contributed by atoms with Crippen LogP contribution in [0.3, 0.4) is 0 Å². The fourth-order valence-electron chi connectivity index (χ4n) is 1.83. The maximum Gasteiger partial charge on any atom is 0.227 e. The molecule has 2 heterocycles. The molecule has 2 rings (SSSR count). The first-order chi connectivity index (χ1) is 6.93. The number of aromatic nitrogens is 2. The molecule has 0 fully saturated rings. The zero-order valence-electron chi connectivity index (χ0n) is 8.63. The molecule has 0 amide bonds. The summed E-state index contributed by atoms with van der Waals surface area (Å²) in [4.78, 5) is 4.06. The Morgan fingerprint density at radius 2 is 2.13 bits per heavy atom. The van der Waals surface area contributed by atoms with E-state index in [2.05, 4.69) is 4.98 Å². The van der Waals surface area contributed by atoms with E-state index in [1.807, 2.05) is 6.92 Å². The predicted octanol–water partition coefficient (Wildman–Crippen LogP) is 0.0113. The van der Waals surface area contributed by atoms with Crippen LogP contribution < -0.4 is 0 Å². The molecule has 0 aliphatic carbocycles. The molecule has 0 aromatic carbocycles. The Kier molecular flexibility index (Phi) is 2.32. The zero-order chi connectivity index (χ0) is 11.2. The maximum atomic E-state index is 11.4. The normalized spacial score (nSPS) is 17.0. The van der Waals surface area contributed by atoms with E-state index in [9.17, 15) is 13.6 Å². The van der Waals surface area contributed by atoms with Crippen LogP contribution in [0.2, 0.25) is 0 Å². The molecule has 84 valence electrons. The second kappa shape index (κ2) is 3.29. The van der Waals surface area contributed by atoms with Crippen LogP contribution in [0.5, 0.6) is 0 Å². The first-order valence-corrected chi connectivity index (χ1v) is 6.54. The van der Waals surface area contributed by atoms with Gasteiger partial charge in [-0.2, -0.15) is 5.06 Å². The van der Waals surface area contributed by atoms with E-state index in [1.54, 1.807) is 4.57 Å². The van der Waals surface area contributed by atoms with Crippen molar-refractivity contribution in [2.24, 2.45) is 0 Å². The van der Waals surface area contributed by atoms with E-state index in [0.717, 1.165) is 17.0 Å². The Morgan fingerprint density at radius 1 is 1.47 bits per heavy atom. The van der Waals surface area contributed by atoms with E-state index < -0.39 is 9.84 Å². The highest BCUT2D eigenvalue weighted by Gasteiger charge is 2.28. The third-order valence-electron chi connectivity index (χ3n) is 2.43. The number of hydrogen-bond donors (Lipinski definition) is 1. The Morgan fingerprint density at radius 3 is 2.67 bits per heavy atom. The standard InChI is InChI=1S/C8H13N3O3S/c1-3-11-7-5-10(12)4-6(7)9-8(11)15(2,13)14/h12H,3-5H2,1-2H3. The Bertz CT molecular complexity index is 491. The summed E-state index contributed by atoms with van der Waals surface area (Å²) in [5, 5.41) is 10.5. The van der Waals surface area contributed by atoms with Gasteiger partial charge in [-0.1, -0.05) is 0 Å². The third-order valence-corrected chi connectivity index (χ3v) is 3.41. The van der Waals surface area contributed by atoms with E-state index in [1.165, 1.54) is 0 Å². The van der Waals surface area contributed by atoms with Gasteiger partial charge in [0.05, 0.1) is 24.5 Å². The number of sulfone groups is 1. The van der Waals surface area contributed by atoms with Crippen LogP contribution in [0.4, 0.5) is 0 Å². The molecule has 15 heavy (non-hydrogen) atoms. The molecule has 0 spiro atoms. The van der Waals surface area contributed by atoms with Gasteiger partial charge in [-0.15, -0.1) is 0 Å². The molecule has 0 unspecified atom stereocenters. The fraction of sp³-hybridized carbons (Fsp3) is 0.625. The predicted molar refractivity (Wildman–Crippen MR) is 52.0 cm³/mol. The Balaban J connectivity index is 2.58. The lowest BCUT2D eigenvalue weighted by Crippen LogP contribution is -2.15. The van der Waals surface area contributed by atoms with Crippen molar-refractivity contribution in [3.8, 4) is 0 Å². The van der Waals surface area contributed by atoms with Gasteiger partial charge in [0, 0.05) is 12.8 Å². The van der Waals surface area contributed by atoms with Gasteiger partial charge < -0.3 is 9.77 Å². The molecule has 6 nitrogen and oxygen atoms in total. The highest BCUT2D eigenvalue weighted by molar-refractivity contribution is 7.90. The van der Waals surface area contributed by atoms with Crippen molar-refractivity contribution in [3.63, 3.8) is 0 Å². The van der Waals surface area contributed by atoms with Crippen molar-refractivity contribution in [1.82, 2.24) is 14.6 Å². The number of fused-ring (bicyclic) bond motifs is 1. The largest absolute Gasteiger partial charge is 0.318 e. The molecule has 0 bridgehead atoms. The molecular weight excluding hydrogens is 218 g/mol. The highest BCUT2D eigenvalue weighted by atomic mass is 32.2. The lowest BCUT2D eigenvalue weighted by molar-refractivity contribution is -0.0988. The summed E-state index contributed by atoms with van der Waals surface area (Å²) in [5.41, 5.74) is 1.44. The summed E-state index contributed by atoms with van der Waals surface area (Å²) >= 11 is 0. The van der Waals surface area contributed by atoms with Crippen molar-refractivity contribution < 1.29 is 13.6 Å². The molecule has 0 saturated carbocycles. The van der Waals surface area contributed by atoms with Crippen LogP contribution in [-0.4, -0.2) is 34.5 Å². The van der Waals surface area contributed by atoms with Gasteiger partial charge in [-0.25, -0.2) is 13.4 Å². The molecule has 1 aliphatic heterocycles. The number of imidazole rings is 1. The van der Waals surface area contributed by atoms with Crippen LogP contribution >= 0.6 is 0 Å². The van der Waals surface area contributed by atoms with E-state index in [4.69, 9.17) is 0 Å². The number of rotatable bonds is 2. The Labute approximate surface area is 88.0 Å². The summed E-state index contributed by atoms with van der Waals surface area (Å²) in [6.45, 7) is 3.03. The van der Waals surface area contributed by atoms with Gasteiger partial charge in [0.1, 0.15) is 0 Å². The summed E-state index contributed by atoms with van der Waals surface area (Å²) in [6, 6.07) is 0. The summed E-state index contributed by atoms with van der Waals surface area (Å²) < 4.78 is 24.5. The Hall–Kier alpha value is -0.920. The van der Waals surface area contributed by atoms with E-state index in [0.29, 0.717) is 25.3 Å². The summed E-state index contributed by atoms with van der Waals surface area (Å²) in [6.07, 6.45) is 1.15. The van der Waals surface area contributed by atoms with Crippen LogP contribution in [0.25, 0.3) is 0 Å². The fourth-order valence-corrected chi connectivity index (χ4v) is 2.74. The van der Waals surface area contributed by atoms with Gasteiger partial charge in [-0.3, -0.25) is 0 Å². The van der Waals surface area contributed by atoms with E-state index in [-0.39, 0.29) is 5.16 Å². The molecule has 1 aromatic rings. The summed E-state index contributed by atoms with van der Waals surface area (Å²) in [5.74, 6) is 0. The molecule has 1 N–H and O–H groups in total. The summed E-state index contributed by atoms with van der Waals surface area (Å²) in [7, 11) is -3.29. The second-order valence-corrected chi connectivity index (χ2v) is 5.54. The lowest BCUT2D eigenvalue weighted by atomic mass is 10.4. The van der Waals surface area contributed by atoms with Crippen LogP contribution in [0.15, 0.2) is 5.16 Å². The molecule has 1 aliphatic rings. The van der Waals surface area contributed by atoms with Gasteiger partial charge >= 0.3 is 0 Å². The lowest BCUT2D eigenvalue weighted by Gasteiger charge is -2.08. The average molecular weight is 231 g/mol. The minimum absolute atomic E-state index is 0.100. The molecule has 0 radical (unpaired) electrons. The van der Waals surface area contributed by atoms with Crippen molar-refractivity contribution in [1.29, 1.82) is 0 Å². The van der Waals surface area contributed by atoms with Crippen molar-refractivity contribution >= 4 is 9.84 Å². The van der Waals surface area contributed by atoms with Crippen molar-refractivity contribution in [3.05, 3.63) is 11.4 Å². The monoisotopic (exact) mass is 231 g/mol. The van der Waals surface area contributed by atoms with Gasteiger partial charge in [0.15, 0.2) is 0 Å². The van der Waals surface area contributed by atoms with Gasteiger partial charge in [0.25, 0.3) is 0 Å². The van der Waals surface area contributed by atoms with Gasteiger partial charge in [0.2, 0.25) is 15.0 Å². The average Bonchev–Trinajstić information content (AvgIpc) is 2.58. The van der Waals surface area contributed by atoms with Gasteiger partial charge in [-0.05, 0) is 6.92 Å². The molecule has 0 saturated heterocycles. The quantitative estimate of drug-likeness (QED) is 0.776. The number of hydrogen-bond acceptors (Lipinski definition) is 5. The van der Waals surface area contributed by atoms with Crippen LogP contribution in [-0.2, 0) is 29.5 Å². The second-order valence-electron chi connectivity index (χ2n) is 3.63.